The molecule has 0 N–H and O–H groups in total. The van der Waals surface area contributed by atoms with Crippen molar-refractivity contribution in [3.8, 4) is 0 Å². The third-order valence-corrected chi connectivity index (χ3v) is 7.27. The van der Waals surface area contributed by atoms with E-state index in [0.29, 0.717) is 0 Å². The van der Waals surface area contributed by atoms with Crippen molar-refractivity contribution in [2.75, 3.05) is 0 Å². The van der Waals surface area contributed by atoms with Crippen LogP contribution in [0.5, 0.6) is 0 Å². The number of hydrogen-bond acceptors (Lipinski definition) is 1. The van der Waals surface area contributed by atoms with Gasteiger partial charge >= 0.3 is 0 Å². The van der Waals surface area contributed by atoms with Crippen LogP contribution >= 0.6 is 0 Å². The summed E-state index contributed by atoms with van der Waals surface area (Å²) < 4.78 is 6.15. The largest absolute Gasteiger partial charge is 0.464 e. The van der Waals surface area contributed by atoms with E-state index in [0.717, 1.165) is 16.9 Å². The van der Waals surface area contributed by atoms with E-state index in [1.807, 2.05) is 6.07 Å². The number of furan rings is 1. The van der Waals surface area contributed by atoms with Crippen LogP contribution in [-0.2, 0) is 0 Å². The summed E-state index contributed by atoms with van der Waals surface area (Å²) in [5.41, 5.74) is 9.65. The van der Waals surface area contributed by atoms with Gasteiger partial charge in [-0.2, -0.15) is 0 Å². The van der Waals surface area contributed by atoms with E-state index in [1.54, 1.807) is 6.26 Å². The van der Waals surface area contributed by atoms with Gasteiger partial charge in [0.15, 0.2) is 0 Å². The molecule has 0 atom stereocenters. The van der Waals surface area contributed by atoms with Crippen LogP contribution in [0, 0.1) is 13.8 Å². The molecular weight excluding hydrogens is 459 g/mol. The lowest BCUT2D eigenvalue weighted by atomic mass is 9.34. The smallest absolute Gasteiger partial charge is 0.242 e. The first-order chi connectivity index (χ1) is 18.7. The van der Waals surface area contributed by atoms with E-state index < -0.39 is 0 Å². The molecule has 0 bridgehead atoms. The predicted molar refractivity (Wildman–Crippen MR) is 162 cm³/mol. The zero-order chi connectivity index (χ0) is 25.9. The van der Waals surface area contributed by atoms with Crippen molar-refractivity contribution in [3.05, 3.63) is 168 Å². The van der Waals surface area contributed by atoms with Gasteiger partial charge in [0.25, 0.3) is 0 Å². The summed E-state index contributed by atoms with van der Waals surface area (Å²) in [6, 6.07) is 48.0. The first-order valence-electron chi connectivity index (χ1n) is 13.1. The van der Waals surface area contributed by atoms with E-state index in [9.17, 15) is 0 Å². The Morgan fingerprint density at radius 1 is 0.526 bits per heavy atom. The lowest BCUT2D eigenvalue weighted by Crippen LogP contribution is -2.44. The fraction of sp³-hybridized carbons (Fsp3) is 0.0556. The van der Waals surface area contributed by atoms with Crippen LogP contribution in [0.1, 0.15) is 28.0 Å². The van der Waals surface area contributed by atoms with Crippen molar-refractivity contribution >= 4 is 39.5 Å². The van der Waals surface area contributed by atoms with Crippen LogP contribution in [0.4, 0.5) is 0 Å². The first kappa shape index (κ1) is 23.8. The Kier molecular flexibility index (Phi) is 6.54. The van der Waals surface area contributed by atoms with E-state index in [-0.39, 0.29) is 6.71 Å². The van der Waals surface area contributed by atoms with Crippen LogP contribution in [-0.4, -0.2) is 6.71 Å². The van der Waals surface area contributed by atoms with Crippen molar-refractivity contribution in [1.29, 1.82) is 0 Å². The summed E-state index contributed by atoms with van der Waals surface area (Å²) in [7, 11) is 0. The highest BCUT2D eigenvalue weighted by Crippen LogP contribution is 2.35. The summed E-state index contributed by atoms with van der Waals surface area (Å²) in [4.78, 5) is 0. The molecule has 2 heteroatoms. The molecule has 0 amide bonds. The van der Waals surface area contributed by atoms with Gasteiger partial charge in [-0.25, -0.2) is 0 Å². The van der Waals surface area contributed by atoms with Crippen LogP contribution in [0.3, 0.4) is 0 Å². The lowest BCUT2D eigenvalue weighted by Gasteiger charge is -2.24. The molecule has 38 heavy (non-hydrogen) atoms. The van der Waals surface area contributed by atoms with Gasteiger partial charge in [-0.05, 0) is 53.9 Å². The Morgan fingerprint density at radius 3 is 1.82 bits per heavy atom. The second-order valence-electron chi connectivity index (χ2n) is 9.95. The van der Waals surface area contributed by atoms with Gasteiger partial charge in [-0.15, -0.1) is 0 Å². The third-order valence-electron chi connectivity index (χ3n) is 7.27. The lowest BCUT2D eigenvalue weighted by molar-refractivity contribution is 0.554. The maximum atomic E-state index is 6.15. The molecular formula is C36H29BO. The molecule has 0 aliphatic rings. The van der Waals surface area contributed by atoms with Crippen LogP contribution in [0.2, 0.25) is 0 Å². The Morgan fingerprint density at radius 2 is 1.13 bits per heavy atom. The minimum absolute atomic E-state index is 0.000588. The molecule has 1 aromatic heterocycles. The molecule has 0 spiro atoms. The normalized spacial score (nSPS) is 11.8. The maximum Gasteiger partial charge on any atom is 0.242 e. The zero-order valence-electron chi connectivity index (χ0n) is 21.8. The molecule has 0 saturated heterocycles. The monoisotopic (exact) mass is 488 g/mol. The molecule has 5 aromatic carbocycles. The van der Waals surface area contributed by atoms with Crippen molar-refractivity contribution in [2.45, 2.75) is 13.8 Å². The topological polar surface area (TPSA) is 13.1 Å². The summed E-state index contributed by atoms with van der Waals surface area (Å²) in [5, 5.41) is 2.46. The van der Waals surface area contributed by atoms with E-state index >= 15 is 0 Å². The van der Waals surface area contributed by atoms with Crippen molar-refractivity contribution < 1.29 is 4.42 Å². The quantitative estimate of drug-likeness (QED) is 0.172. The molecule has 6 rings (SSSR count). The summed E-state index contributed by atoms with van der Waals surface area (Å²) in [5.74, 6) is 0.866. The number of benzene rings is 5. The van der Waals surface area contributed by atoms with Gasteiger partial charge in [0.05, 0.1) is 6.26 Å². The summed E-state index contributed by atoms with van der Waals surface area (Å²) in [6.45, 7) is 4.27. The average Bonchev–Trinajstić information content (AvgIpc) is 3.49. The molecule has 182 valence electrons. The highest BCUT2D eigenvalue weighted by Gasteiger charge is 2.30. The SMILES string of the molecule is Cc1ccc(B(/C(=C(/c2ccc(C)cc2)c2ccco2)c2ccc3ccccc3c2)c2ccccc2)cc1. The van der Waals surface area contributed by atoms with Gasteiger partial charge in [0.1, 0.15) is 5.76 Å². The van der Waals surface area contributed by atoms with Gasteiger partial charge in [-0.1, -0.05) is 143 Å². The average molecular weight is 488 g/mol. The number of aryl methyl sites for hydroxylation is 2. The van der Waals surface area contributed by atoms with Gasteiger partial charge in [0.2, 0.25) is 6.71 Å². The zero-order valence-corrected chi connectivity index (χ0v) is 21.8. The van der Waals surface area contributed by atoms with E-state index in [1.165, 1.54) is 43.9 Å². The molecule has 1 nitrogen and oxygen atoms in total. The molecule has 6 aromatic rings. The molecule has 0 unspecified atom stereocenters. The van der Waals surface area contributed by atoms with Crippen LogP contribution in [0.25, 0.3) is 21.8 Å². The van der Waals surface area contributed by atoms with Crippen molar-refractivity contribution in [2.24, 2.45) is 0 Å². The fourth-order valence-electron chi connectivity index (χ4n) is 5.31. The summed E-state index contributed by atoms with van der Waals surface area (Å²) in [6.07, 6.45) is 1.77. The fourth-order valence-corrected chi connectivity index (χ4v) is 5.31. The second kappa shape index (κ2) is 10.4. The Hall–Kier alpha value is -4.56. The number of hydrogen-bond donors (Lipinski definition) is 0. The van der Waals surface area contributed by atoms with E-state index in [4.69, 9.17) is 4.42 Å². The first-order valence-corrected chi connectivity index (χ1v) is 13.1. The standard InChI is InChI=1S/C36H29BO/c1-26-14-18-29(19-15-26)35(34-13-8-24-38-34)36(31-21-20-28-9-6-7-10-30(28)25-31)37(32-11-4-3-5-12-32)33-22-16-27(2)17-23-33/h3-25H,1-2H3/b36-35-. The molecule has 0 aliphatic heterocycles. The van der Waals surface area contributed by atoms with Crippen LogP contribution < -0.4 is 10.9 Å². The molecule has 0 saturated carbocycles. The van der Waals surface area contributed by atoms with E-state index in [2.05, 4.69) is 141 Å². The third kappa shape index (κ3) is 4.74. The minimum Gasteiger partial charge on any atom is -0.464 e. The molecule has 0 radical (unpaired) electrons. The Balaban J connectivity index is 1.74. The number of rotatable bonds is 6. The highest BCUT2D eigenvalue weighted by molar-refractivity contribution is 7.00. The molecule has 0 fully saturated rings. The maximum absolute atomic E-state index is 6.15. The van der Waals surface area contributed by atoms with Crippen molar-refractivity contribution in [3.63, 3.8) is 0 Å². The molecule has 0 aliphatic carbocycles. The number of fused-ring (bicyclic) bond motifs is 1. The van der Waals surface area contributed by atoms with Crippen LogP contribution in [0.15, 0.2) is 144 Å². The van der Waals surface area contributed by atoms with Gasteiger partial charge < -0.3 is 4.42 Å². The highest BCUT2D eigenvalue weighted by atomic mass is 16.3. The summed E-state index contributed by atoms with van der Waals surface area (Å²) >= 11 is 0. The van der Waals surface area contributed by atoms with Crippen molar-refractivity contribution in [1.82, 2.24) is 0 Å². The van der Waals surface area contributed by atoms with Gasteiger partial charge in [-0.3, -0.25) is 0 Å². The predicted octanol–water partition coefficient (Wildman–Crippen LogP) is 7.86. The van der Waals surface area contributed by atoms with Gasteiger partial charge in [0, 0.05) is 5.57 Å². The second-order valence-corrected chi connectivity index (χ2v) is 9.95. The Bertz CT molecular complexity index is 1690. The minimum atomic E-state index is -0.000588. The Labute approximate surface area is 225 Å². The molecule has 1 heterocycles.